The number of rotatable bonds is 5. The van der Waals surface area contributed by atoms with Gasteiger partial charge in [0.05, 0.1) is 0 Å². The Hall–Kier alpha value is -2.14. The number of anilines is 1. The first kappa shape index (κ1) is 18.6. The van der Waals surface area contributed by atoms with Gasteiger partial charge in [-0.3, -0.25) is 4.79 Å². The first-order chi connectivity index (χ1) is 12.5. The highest BCUT2D eigenvalue weighted by molar-refractivity contribution is 7.14. The van der Waals surface area contributed by atoms with Gasteiger partial charge >= 0.3 is 5.97 Å². The van der Waals surface area contributed by atoms with E-state index in [1.165, 1.54) is 46.6 Å². The summed E-state index contributed by atoms with van der Waals surface area (Å²) in [5.74, 6) is -0.288. The van der Waals surface area contributed by atoms with E-state index in [0.29, 0.717) is 16.5 Å². The number of aryl methyl sites for hydroxylation is 2. The van der Waals surface area contributed by atoms with Crippen LogP contribution < -0.4 is 5.32 Å². The highest BCUT2D eigenvalue weighted by Crippen LogP contribution is 2.29. The van der Waals surface area contributed by atoms with Crippen LogP contribution in [-0.2, 0) is 22.4 Å². The standard InChI is InChI=1S/C21H25NO3S/c1-14(2)15-8-10-17(11-9-15)22-20(23)13-25-21(24)19-12-16-6-4-3-5-7-18(16)26-19/h8-12,14H,3-7,13H2,1-2H3,(H,22,23). The largest absolute Gasteiger partial charge is 0.451 e. The van der Waals surface area contributed by atoms with Crippen molar-refractivity contribution in [3.8, 4) is 0 Å². The number of carbonyl (C=O) groups excluding carboxylic acids is 2. The second-order valence-electron chi connectivity index (χ2n) is 7.02. The molecule has 0 unspecified atom stereocenters. The van der Waals surface area contributed by atoms with Crippen molar-refractivity contribution in [3.05, 3.63) is 51.2 Å². The Balaban J connectivity index is 1.51. The van der Waals surface area contributed by atoms with Crippen LogP contribution in [0.25, 0.3) is 0 Å². The van der Waals surface area contributed by atoms with Crippen molar-refractivity contribution in [3.63, 3.8) is 0 Å². The van der Waals surface area contributed by atoms with E-state index in [0.717, 1.165) is 12.8 Å². The summed E-state index contributed by atoms with van der Waals surface area (Å²) in [5, 5.41) is 2.76. The lowest BCUT2D eigenvalue weighted by Crippen LogP contribution is -2.20. The number of ether oxygens (including phenoxy) is 1. The molecule has 0 fully saturated rings. The Morgan fingerprint density at radius 1 is 1.12 bits per heavy atom. The third kappa shape index (κ3) is 4.73. The summed E-state index contributed by atoms with van der Waals surface area (Å²) in [6.07, 6.45) is 5.68. The molecule has 0 aliphatic heterocycles. The van der Waals surface area contributed by atoms with E-state index in [2.05, 4.69) is 19.2 Å². The minimum Gasteiger partial charge on any atom is -0.451 e. The van der Waals surface area contributed by atoms with Crippen LogP contribution in [0.1, 0.15) is 64.7 Å². The number of hydrogen-bond acceptors (Lipinski definition) is 4. The molecule has 0 saturated carbocycles. The zero-order valence-electron chi connectivity index (χ0n) is 15.3. The Bertz CT molecular complexity index is 754. The van der Waals surface area contributed by atoms with Gasteiger partial charge in [-0.25, -0.2) is 4.79 Å². The molecule has 1 N–H and O–H groups in total. The highest BCUT2D eigenvalue weighted by Gasteiger charge is 2.18. The number of benzene rings is 1. The monoisotopic (exact) mass is 371 g/mol. The summed E-state index contributed by atoms with van der Waals surface area (Å²) in [6, 6.07) is 9.66. The number of thiophene rings is 1. The lowest BCUT2D eigenvalue weighted by molar-refractivity contribution is -0.119. The molecule has 1 aliphatic carbocycles. The molecule has 1 amide bonds. The quantitative estimate of drug-likeness (QED) is 0.598. The predicted molar refractivity (Wildman–Crippen MR) is 105 cm³/mol. The summed E-state index contributed by atoms with van der Waals surface area (Å²) in [4.78, 5) is 26.2. The maximum Gasteiger partial charge on any atom is 0.348 e. The number of esters is 1. The van der Waals surface area contributed by atoms with E-state index >= 15 is 0 Å². The van der Waals surface area contributed by atoms with Crippen molar-refractivity contribution in [2.24, 2.45) is 0 Å². The van der Waals surface area contributed by atoms with Gasteiger partial charge in [0.25, 0.3) is 5.91 Å². The first-order valence-corrected chi connectivity index (χ1v) is 10.0. The molecule has 4 nitrogen and oxygen atoms in total. The molecule has 26 heavy (non-hydrogen) atoms. The van der Waals surface area contributed by atoms with Crippen LogP contribution in [0, 0.1) is 0 Å². The molecule has 138 valence electrons. The fourth-order valence-corrected chi connectivity index (χ4v) is 4.27. The summed E-state index contributed by atoms with van der Waals surface area (Å²) in [5.41, 5.74) is 3.19. The van der Waals surface area contributed by atoms with Gasteiger partial charge in [-0.05, 0) is 60.9 Å². The molecular weight excluding hydrogens is 346 g/mol. The van der Waals surface area contributed by atoms with E-state index < -0.39 is 5.97 Å². The van der Waals surface area contributed by atoms with Gasteiger partial charge < -0.3 is 10.1 Å². The topological polar surface area (TPSA) is 55.4 Å². The van der Waals surface area contributed by atoms with Gasteiger partial charge in [0, 0.05) is 10.6 Å². The number of hydrogen-bond donors (Lipinski definition) is 1. The third-order valence-corrected chi connectivity index (χ3v) is 5.86. The Morgan fingerprint density at radius 3 is 2.58 bits per heavy atom. The molecule has 0 radical (unpaired) electrons. The maximum absolute atomic E-state index is 12.2. The van der Waals surface area contributed by atoms with Crippen LogP contribution in [0.2, 0.25) is 0 Å². The maximum atomic E-state index is 12.2. The average Bonchev–Trinajstić information content (AvgIpc) is 2.91. The minimum atomic E-state index is -0.409. The van der Waals surface area contributed by atoms with Crippen molar-refractivity contribution < 1.29 is 14.3 Å². The van der Waals surface area contributed by atoms with E-state index in [1.807, 2.05) is 30.3 Å². The molecule has 3 rings (SSSR count). The molecule has 1 aromatic heterocycles. The molecule has 1 aliphatic rings. The van der Waals surface area contributed by atoms with Gasteiger partial charge in [-0.1, -0.05) is 32.4 Å². The van der Waals surface area contributed by atoms with Crippen LogP contribution in [0.15, 0.2) is 30.3 Å². The highest BCUT2D eigenvalue weighted by atomic mass is 32.1. The lowest BCUT2D eigenvalue weighted by Gasteiger charge is -2.08. The van der Waals surface area contributed by atoms with Gasteiger partial charge in [0.2, 0.25) is 0 Å². The Morgan fingerprint density at radius 2 is 1.85 bits per heavy atom. The minimum absolute atomic E-state index is 0.271. The van der Waals surface area contributed by atoms with Gasteiger partial charge in [0.1, 0.15) is 4.88 Å². The lowest BCUT2D eigenvalue weighted by atomic mass is 10.0. The number of fused-ring (bicyclic) bond motifs is 1. The Labute approximate surface area is 158 Å². The van der Waals surface area contributed by atoms with Crippen LogP contribution in [-0.4, -0.2) is 18.5 Å². The molecule has 1 heterocycles. The fourth-order valence-electron chi connectivity index (χ4n) is 3.12. The van der Waals surface area contributed by atoms with Crippen molar-refractivity contribution in [1.82, 2.24) is 0 Å². The smallest absolute Gasteiger partial charge is 0.348 e. The number of carbonyl (C=O) groups is 2. The molecule has 5 heteroatoms. The number of amides is 1. The van der Waals surface area contributed by atoms with E-state index in [1.54, 1.807) is 0 Å². The molecule has 2 aromatic rings. The molecule has 0 saturated heterocycles. The molecule has 0 atom stereocenters. The van der Waals surface area contributed by atoms with Crippen LogP contribution in [0.4, 0.5) is 5.69 Å². The van der Waals surface area contributed by atoms with Crippen molar-refractivity contribution >= 4 is 28.9 Å². The van der Waals surface area contributed by atoms with E-state index in [-0.39, 0.29) is 12.5 Å². The second kappa shape index (κ2) is 8.49. The van der Waals surface area contributed by atoms with Gasteiger partial charge in [-0.2, -0.15) is 0 Å². The van der Waals surface area contributed by atoms with Crippen LogP contribution in [0.3, 0.4) is 0 Å². The molecule has 1 aromatic carbocycles. The zero-order valence-corrected chi connectivity index (χ0v) is 16.2. The average molecular weight is 372 g/mol. The van der Waals surface area contributed by atoms with Crippen molar-refractivity contribution in [2.45, 2.75) is 51.9 Å². The first-order valence-electron chi connectivity index (χ1n) is 9.21. The Kier molecular flexibility index (Phi) is 6.09. The number of nitrogens with one attached hydrogen (secondary N) is 1. The van der Waals surface area contributed by atoms with Crippen LogP contribution in [0.5, 0.6) is 0 Å². The third-order valence-electron chi connectivity index (χ3n) is 4.64. The van der Waals surface area contributed by atoms with Crippen molar-refractivity contribution in [2.75, 3.05) is 11.9 Å². The van der Waals surface area contributed by atoms with Gasteiger partial charge in [0.15, 0.2) is 6.61 Å². The summed E-state index contributed by atoms with van der Waals surface area (Å²) >= 11 is 1.51. The second-order valence-corrected chi connectivity index (χ2v) is 8.16. The molecule has 0 spiro atoms. The van der Waals surface area contributed by atoms with Gasteiger partial charge in [-0.15, -0.1) is 11.3 Å². The van der Waals surface area contributed by atoms with E-state index in [4.69, 9.17) is 4.74 Å². The normalized spacial score (nSPS) is 13.8. The molecular formula is C21H25NO3S. The van der Waals surface area contributed by atoms with Crippen LogP contribution >= 0.6 is 11.3 Å². The summed E-state index contributed by atoms with van der Waals surface area (Å²) in [7, 11) is 0. The molecule has 0 bridgehead atoms. The van der Waals surface area contributed by atoms with Crippen molar-refractivity contribution in [1.29, 1.82) is 0 Å². The predicted octanol–water partition coefficient (Wildman–Crippen LogP) is 4.94. The van der Waals surface area contributed by atoms with E-state index in [9.17, 15) is 9.59 Å². The zero-order chi connectivity index (χ0) is 18.5. The SMILES string of the molecule is CC(C)c1ccc(NC(=O)COC(=O)c2cc3c(s2)CCCCC3)cc1. The summed E-state index contributed by atoms with van der Waals surface area (Å²) < 4.78 is 5.19. The summed E-state index contributed by atoms with van der Waals surface area (Å²) in [6.45, 7) is 3.97. The fraction of sp³-hybridized carbons (Fsp3) is 0.429.